The number of rotatable bonds is 6. The Kier molecular flexibility index (Phi) is 6.83. The predicted octanol–water partition coefficient (Wildman–Crippen LogP) is 3.88. The number of anilines is 1. The second kappa shape index (κ2) is 9.94. The third-order valence-corrected chi connectivity index (χ3v) is 6.28. The summed E-state index contributed by atoms with van der Waals surface area (Å²) in [5.74, 6) is -0.814. The van der Waals surface area contributed by atoms with Crippen molar-refractivity contribution in [2.45, 2.75) is 51.1 Å². The normalized spacial score (nSPS) is 18.5. The summed E-state index contributed by atoms with van der Waals surface area (Å²) >= 11 is 0. The van der Waals surface area contributed by atoms with Crippen LogP contribution in [0, 0.1) is 11.7 Å². The van der Waals surface area contributed by atoms with Gasteiger partial charge >= 0.3 is 0 Å². The van der Waals surface area contributed by atoms with Crippen LogP contribution in [0.5, 0.6) is 0 Å². The molecule has 3 amide bonds. The quantitative estimate of drug-likeness (QED) is 0.720. The highest BCUT2D eigenvalue weighted by molar-refractivity contribution is 6.04. The van der Waals surface area contributed by atoms with Gasteiger partial charge in [-0.25, -0.2) is 4.39 Å². The molecule has 1 saturated heterocycles. The topological polar surface area (TPSA) is 78.5 Å². The van der Waals surface area contributed by atoms with Gasteiger partial charge in [-0.3, -0.25) is 14.4 Å². The van der Waals surface area contributed by atoms with Gasteiger partial charge in [0.05, 0.1) is 0 Å². The Hall–Kier alpha value is -3.22. The Morgan fingerprint density at radius 3 is 2.53 bits per heavy atom. The van der Waals surface area contributed by atoms with Gasteiger partial charge in [-0.2, -0.15) is 0 Å². The van der Waals surface area contributed by atoms with E-state index >= 15 is 0 Å². The number of carbonyl (C=O) groups excluding carboxylic acids is 3. The molecular formula is C25H28FN3O3. The van der Waals surface area contributed by atoms with Crippen LogP contribution >= 0.6 is 0 Å². The van der Waals surface area contributed by atoms with Crippen LogP contribution in [0.1, 0.15) is 54.4 Å². The van der Waals surface area contributed by atoms with Crippen molar-refractivity contribution >= 4 is 23.4 Å². The minimum absolute atomic E-state index is 0.0711. The third-order valence-electron chi connectivity index (χ3n) is 6.28. The minimum atomic E-state index is -0.471. The van der Waals surface area contributed by atoms with Gasteiger partial charge < -0.3 is 15.5 Å². The second-order valence-electron chi connectivity index (χ2n) is 8.55. The summed E-state index contributed by atoms with van der Waals surface area (Å²) in [7, 11) is 0. The van der Waals surface area contributed by atoms with Crippen LogP contribution in [0.4, 0.5) is 10.1 Å². The molecule has 1 saturated carbocycles. The SMILES string of the molecule is O=C(Nc1cccc(CNC(=O)C2CCCN2C(=O)C2CCCC2)c1)c1cccc(F)c1. The maximum Gasteiger partial charge on any atom is 0.255 e. The molecule has 2 aromatic carbocycles. The largest absolute Gasteiger partial charge is 0.350 e. The van der Waals surface area contributed by atoms with E-state index in [2.05, 4.69) is 10.6 Å². The number of hydrogen-bond donors (Lipinski definition) is 2. The smallest absolute Gasteiger partial charge is 0.255 e. The molecule has 32 heavy (non-hydrogen) atoms. The molecule has 0 bridgehead atoms. The molecule has 1 heterocycles. The van der Waals surface area contributed by atoms with Gasteiger partial charge in [0.25, 0.3) is 5.91 Å². The van der Waals surface area contributed by atoms with E-state index in [1.807, 2.05) is 6.07 Å². The van der Waals surface area contributed by atoms with Crippen molar-refractivity contribution in [3.63, 3.8) is 0 Å². The first-order valence-corrected chi connectivity index (χ1v) is 11.3. The van der Waals surface area contributed by atoms with E-state index in [1.54, 1.807) is 29.2 Å². The van der Waals surface area contributed by atoms with Crippen LogP contribution in [-0.4, -0.2) is 35.2 Å². The van der Waals surface area contributed by atoms with E-state index in [4.69, 9.17) is 0 Å². The first-order valence-electron chi connectivity index (χ1n) is 11.3. The van der Waals surface area contributed by atoms with Crippen LogP contribution in [0.15, 0.2) is 48.5 Å². The number of nitrogens with one attached hydrogen (secondary N) is 2. The summed E-state index contributed by atoms with van der Waals surface area (Å²) < 4.78 is 13.4. The number of amides is 3. The average Bonchev–Trinajstić information content (AvgIpc) is 3.50. The molecule has 1 aliphatic heterocycles. The zero-order chi connectivity index (χ0) is 22.5. The number of carbonyl (C=O) groups is 3. The molecule has 2 fully saturated rings. The molecule has 2 aromatic rings. The van der Waals surface area contributed by atoms with Crippen LogP contribution < -0.4 is 10.6 Å². The van der Waals surface area contributed by atoms with E-state index in [1.165, 1.54) is 18.2 Å². The van der Waals surface area contributed by atoms with Gasteiger partial charge in [0.2, 0.25) is 11.8 Å². The van der Waals surface area contributed by atoms with Crippen molar-refractivity contribution in [2.75, 3.05) is 11.9 Å². The van der Waals surface area contributed by atoms with Crippen LogP contribution in [0.2, 0.25) is 0 Å². The Bertz CT molecular complexity index is 1000. The number of likely N-dealkylation sites (tertiary alicyclic amines) is 1. The second-order valence-corrected chi connectivity index (χ2v) is 8.55. The van der Waals surface area contributed by atoms with Crippen molar-refractivity contribution in [3.8, 4) is 0 Å². The van der Waals surface area contributed by atoms with Crippen LogP contribution in [0.3, 0.4) is 0 Å². The van der Waals surface area contributed by atoms with E-state index in [0.29, 0.717) is 25.2 Å². The zero-order valence-electron chi connectivity index (χ0n) is 18.0. The van der Waals surface area contributed by atoms with E-state index < -0.39 is 17.8 Å². The molecule has 6 nitrogen and oxygen atoms in total. The maximum atomic E-state index is 13.4. The van der Waals surface area contributed by atoms with Crippen molar-refractivity contribution in [2.24, 2.45) is 5.92 Å². The molecule has 1 unspecified atom stereocenters. The average molecular weight is 438 g/mol. The molecule has 1 aliphatic carbocycles. The lowest BCUT2D eigenvalue weighted by atomic mass is 10.1. The highest BCUT2D eigenvalue weighted by Gasteiger charge is 2.37. The number of nitrogens with zero attached hydrogens (tertiary/aromatic N) is 1. The van der Waals surface area contributed by atoms with Gasteiger partial charge in [0, 0.05) is 30.3 Å². The first kappa shape index (κ1) is 22.0. The summed E-state index contributed by atoms with van der Waals surface area (Å²) in [6.07, 6.45) is 5.57. The first-order chi connectivity index (χ1) is 15.5. The lowest BCUT2D eigenvalue weighted by molar-refractivity contribution is -0.141. The molecule has 2 aliphatic rings. The molecule has 4 rings (SSSR count). The van der Waals surface area contributed by atoms with Crippen LogP contribution in [0.25, 0.3) is 0 Å². The highest BCUT2D eigenvalue weighted by Crippen LogP contribution is 2.29. The van der Waals surface area contributed by atoms with Crippen molar-refractivity contribution in [1.82, 2.24) is 10.2 Å². The number of halogens is 1. The standard InChI is InChI=1S/C25H28FN3O3/c26-20-10-4-9-19(15-20)23(30)28-21-11-3-6-17(14-21)16-27-24(31)22-12-5-13-29(22)25(32)18-7-1-2-8-18/h3-4,6,9-11,14-15,18,22H,1-2,5,7-8,12-13,16H2,(H,27,31)(H,28,30). The molecule has 0 radical (unpaired) electrons. The molecule has 7 heteroatoms. The molecule has 0 spiro atoms. The zero-order valence-corrected chi connectivity index (χ0v) is 18.0. The van der Waals surface area contributed by atoms with Crippen molar-refractivity contribution in [1.29, 1.82) is 0 Å². The summed E-state index contributed by atoms with van der Waals surface area (Å²) in [4.78, 5) is 39.7. The maximum absolute atomic E-state index is 13.4. The summed E-state index contributed by atoms with van der Waals surface area (Å²) in [5.41, 5.74) is 1.61. The van der Waals surface area contributed by atoms with Gasteiger partial charge in [-0.05, 0) is 61.6 Å². The van der Waals surface area contributed by atoms with Gasteiger partial charge in [-0.15, -0.1) is 0 Å². The fourth-order valence-electron chi connectivity index (χ4n) is 4.61. The molecule has 1 atom stereocenters. The van der Waals surface area contributed by atoms with E-state index in [-0.39, 0.29) is 23.3 Å². The highest BCUT2D eigenvalue weighted by atomic mass is 19.1. The van der Waals surface area contributed by atoms with Gasteiger partial charge in [0.15, 0.2) is 0 Å². The molecule has 2 N–H and O–H groups in total. The molecular weight excluding hydrogens is 409 g/mol. The fraction of sp³-hybridized carbons (Fsp3) is 0.400. The Labute approximate surface area is 187 Å². The van der Waals surface area contributed by atoms with E-state index in [9.17, 15) is 18.8 Å². The van der Waals surface area contributed by atoms with Crippen molar-refractivity contribution < 1.29 is 18.8 Å². The minimum Gasteiger partial charge on any atom is -0.350 e. The fourth-order valence-corrected chi connectivity index (χ4v) is 4.61. The van der Waals surface area contributed by atoms with Gasteiger partial charge in [0.1, 0.15) is 11.9 Å². The lowest BCUT2D eigenvalue weighted by Gasteiger charge is -2.26. The summed E-state index contributed by atoms with van der Waals surface area (Å²) in [6.45, 7) is 0.944. The number of benzene rings is 2. The van der Waals surface area contributed by atoms with Crippen molar-refractivity contribution in [3.05, 3.63) is 65.5 Å². The van der Waals surface area contributed by atoms with Gasteiger partial charge in [-0.1, -0.05) is 31.0 Å². The number of hydrogen-bond acceptors (Lipinski definition) is 3. The molecule has 0 aromatic heterocycles. The Balaban J connectivity index is 1.34. The Morgan fingerprint density at radius 2 is 1.75 bits per heavy atom. The Morgan fingerprint density at radius 1 is 0.969 bits per heavy atom. The third kappa shape index (κ3) is 5.15. The molecule has 168 valence electrons. The van der Waals surface area contributed by atoms with Crippen LogP contribution in [-0.2, 0) is 16.1 Å². The predicted molar refractivity (Wildman–Crippen MR) is 119 cm³/mol. The summed E-state index contributed by atoms with van der Waals surface area (Å²) in [5, 5.41) is 5.69. The monoisotopic (exact) mass is 437 g/mol. The van der Waals surface area contributed by atoms with E-state index in [0.717, 1.165) is 37.7 Å². The summed E-state index contributed by atoms with van der Waals surface area (Å²) in [6, 6.07) is 12.2. The lowest BCUT2D eigenvalue weighted by Crippen LogP contribution is -2.47.